The number of hydrogen-bond donors (Lipinski definition) is 2. The van der Waals surface area contributed by atoms with Crippen molar-refractivity contribution in [2.75, 3.05) is 56.1 Å². The average molecular weight is 473 g/mol. The first-order valence-electron chi connectivity index (χ1n) is 10.5. The van der Waals surface area contributed by atoms with E-state index in [-0.39, 0.29) is 0 Å². The standard InChI is InChI=1S/C16H25N3O2.C5H2F4N2O/c1-17-8-10-18(11-9-17)13-2-4-14(5-3-13)19-7-6-15(20)16(21)12-19;6-5(7,8)3-1-10-2-4(11-3)12-9/h2-5,15-16,20-21H,6-12H2,1H3;1-2H. The molecule has 182 valence electrons. The zero-order valence-electron chi connectivity index (χ0n) is 18.1. The van der Waals surface area contributed by atoms with Gasteiger partial charge in [-0.1, -0.05) is 0 Å². The minimum absolute atomic E-state index is 0.475. The largest absolute Gasteiger partial charge is 0.435 e. The van der Waals surface area contributed by atoms with Crippen molar-refractivity contribution in [2.24, 2.45) is 0 Å². The van der Waals surface area contributed by atoms with E-state index < -0.39 is 30.0 Å². The predicted molar refractivity (Wildman–Crippen MR) is 114 cm³/mol. The highest BCUT2D eigenvalue weighted by molar-refractivity contribution is 5.57. The number of likely N-dealkylation sites (N-methyl/N-ethyl adjacent to an activating group) is 1. The molecule has 1 aromatic heterocycles. The van der Waals surface area contributed by atoms with E-state index in [0.29, 0.717) is 19.2 Å². The first kappa shape index (κ1) is 24.9. The van der Waals surface area contributed by atoms with E-state index >= 15 is 0 Å². The van der Waals surface area contributed by atoms with Crippen LogP contribution in [0, 0.1) is 0 Å². The second-order valence-electron chi connectivity index (χ2n) is 7.99. The second-order valence-corrected chi connectivity index (χ2v) is 7.99. The molecular weight excluding hydrogens is 446 g/mol. The fraction of sp³-hybridized carbons (Fsp3) is 0.524. The van der Waals surface area contributed by atoms with Gasteiger partial charge in [0.2, 0.25) is 0 Å². The van der Waals surface area contributed by atoms with Gasteiger partial charge in [0.1, 0.15) is 0 Å². The van der Waals surface area contributed by atoms with Gasteiger partial charge in [-0.3, -0.25) is 9.93 Å². The van der Waals surface area contributed by atoms with Crippen LogP contribution in [0.5, 0.6) is 5.88 Å². The first-order valence-corrected chi connectivity index (χ1v) is 10.5. The highest BCUT2D eigenvalue weighted by Crippen LogP contribution is 2.28. The molecule has 2 aromatic rings. The Hall–Kier alpha value is -2.70. The Morgan fingerprint density at radius 2 is 1.52 bits per heavy atom. The zero-order chi connectivity index (χ0) is 24.0. The van der Waals surface area contributed by atoms with Crippen molar-refractivity contribution in [1.82, 2.24) is 14.9 Å². The van der Waals surface area contributed by atoms with Crippen molar-refractivity contribution < 1.29 is 32.9 Å². The van der Waals surface area contributed by atoms with Gasteiger partial charge in [-0.25, -0.2) is 4.98 Å². The summed E-state index contributed by atoms with van der Waals surface area (Å²) in [4.78, 5) is 15.7. The Morgan fingerprint density at radius 1 is 0.909 bits per heavy atom. The summed E-state index contributed by atoms with van der Waals surface area (Å²) in [7, 11) is 2.16. The number of rotatable bonds is 3. The lowest BCUT2D eigenvalue weighted by molar-refractivity contribution is -0.142. The van der Waals surface area contributed by atoms with Crippen molar-refractivity contribution in [1.29, 1.82) is 0 Å². The monoisotopic (exact) mass is 473 g/mol. The minimum atomic E-state index is -4.64. The molecule has 2 aliphatic rings. The molecule has 0 aliphatic carbocycles. The van der Waals surface area contributed by atoms with Crippen LogP contribution in [0.15, 0.2) is 36.7 Å². The van der Waals surface area contributed by atoms with Crippen molar-refractivity contribution in [2.45, 2.75) is 24.8 Å². The van der Waals surface area contributed by atoms with Crippen LogP contribution in [0.2, 0.25) is 0 Å². The number of β-amino-alcohol motifs (C(OH)–C–C–N with tert-alkyl or cyclic N) is 1. The Kier molecular flexibility index (Phi) is 8.27. The maximum Gasteiger partial charge on any atom is 0.435 e. The number of aliphatic hydroxyl groups excluding tert-OH is 2. The Balaban J connectivity index is 0.000000218. The molecule has 8 nitrogen and oxygen atoms in total. The molecule has 4 rings (SSSR count). The Labute approximate surface area is 188 Å². The van der Waals surface area contributed by atoms with Crippen LogP contribution in [0.3, 0.4) is 0 Å². The fourth-order valence-electron chi connectivity index (χ4n) is 3.61. The van der Waals surface area contributed by atoms with Crippen molar-refractivity contribution in [3.63, 3.8) is 0 Å². The van der Waals surface area contributed by atoms with E-state index in [2.05, 4.69) is 60.9 Å². The molecule has 12 heteroatoms. The average Bonchev–Trinajstić information content (AvgIpc) is 2.81. The maximum absolute atomic E-state index is 11.8. The molecule has 0 radical (unpaired) electrons. The fourth-order valence-corrected chi connectivity index (χ4v) is 3.61. The van der Waals surface area contributed by atoms with E-state index in [1.807, 2.05) is 0 Å². The summed E-state index contributed by atoms with van der Waals surface area (Å²) in [6.45, 7) is 5.67. The number of nitrogens with zero attached hydrogens (tertiary/aromatic N) is 5. The third kappa shape index (κ3) is 6.89. The summed E-state index contributed by atoms with van der Waals surface area (Å²) in [6, 6.07) is 8.58. The molecule has 2 fully saturated rings. The lowest BCUT2D eigenvalue weighted by Gasteiger charge is -2.36. The predicted octanol–water partition coefficient (Wildman–Crippen LogP) is 2.13. The van der Waals surface area contributed by atoms with Gasteiger partial charge in [0.15, 0.2) is 5.69 Å². The lowest BCUT2D eigenvalue weighted by atomic mass is 10.0. The van der Waals surface area contributed by atoms with Gasteiger partial charge >= 0.3 is 6.18 Å². The summed E-state index contributed by atoms with van der Waals surface area (Å²) in [5, 5.41) is 19.4. The number of aliphatic hydroxyl groups is 2. The maximum atomic E-state index is 11.8. The number of halogens is 4. The van der Waals surface area contributed by atoms with Crippen molar-refractivity contribution in [3.05, 3.63) is 42.4 Å². The van der Waals surface area contributed by atoms with Gasteiger partial charge in [0.25, 0.3) is 5.88 Å². The molecule has 2 atom stereocenters. The summed E-state index contributed by atoms with van der Waals surface area (Å²) >= 11 is 0. The molecule has 2 aliphatic heterocycles. The molecule has 0 amide bonds. The van der Waals surface area contributed by atoms with Gasteiger partial charge in [0.05, 0.1) is 24.6 Å². The van der Waals surface area contributed by atoms with Gasteiger partial charge in [-0.05, 0) is 37.7 Å². The van der Waals surface area contributed by atoms with Crippen LogP contribution in [0.4, 0.5) is 29.1 Å². The van der Waals surface area contributed by atoms with Gasteiger partial charge in [0, 0.05) is 55.2 Å². The lowest BCUT2D eigenvalue weighted by Crippen LogP contribution is -2.46. The number of piperidine rings is 1. The second kappa shape index (κ2) is 10.9. The van der Waals surface area contributed by atoms with Gasteiger partial charge < -0.3 is 24.9 Å². The summed E-state index contributed by atoms with van der Waals surface area (Å²) in [6.07, 6.45) is -4.03. The number of piperazine rings is 1. The molecule has 33 heavy (non-hydrogen) atoms. The highest BCUT2D eigenvalue weighted by Gasteiger charge is 2.33. The molecule has 0 spiro atoms. The number of alkyl halides is 3. The van der Waals surface area contributed by atoms with E-state index in [1.165, 1.54) is 5.69 Å². The smallest absolute Gasteiger partial charge is 0.390 e. The Bertz CT molecular complexity index is 879. The highest BCUT2D eigenvalue weighted by atomic mass is 19.4. The zero-order valence-corrected chi connectivity index (χ0v) is 18.1. The molecule has 1 aromatic carbocycles. The molecule has 3 heterocycles. The van der Waals surface area contributed by atoms with E-state index in [9.17, 15) is 27.9 Å². The molecule has 2 saturated heterocycles. The van der Waals surface area contributed by atoms with E-state index in [1.54, 1.807) is 0 Å². The minimum Gasteiger partial charge on any atom is -0.390 e. The quantitative estimate of drug-likeness (QED) is 0.656. The van der Waals surface area contributed by atoms with Crippen molar-refractivity contribution >= 4 is 11.4 Å². The van der Waals surface area contributed by atoms with Crippen LogP contribution in [0.25, 0.3) is 0 Å². The number of hydrogen-bond acceptors (Lipinski definition) is 8. The van der Waals surface area contributed by atoms with Crippen LogP contribution >= 0.6 is 0 Å². The van der Waals surface area contributed by atoms with E-state index in [4.69, 9.17) is 0 Å². The Morgan fingerprint density at radius 3 is 2.06 bits per heavy atom. The third-order valence-electron chi connectivity index (χ3n) is 5.61. The summed E-state index contributed by atoms with van der Waals surface area (Å²) in [5.41, 5.74) is 1.10. The van der Waals surface area contributed by atoms with E-state index in [0.717, 1.165) is 44.6 Å². The van der Waals surface area contributed by atoms with Gasteiger partial charge in [-0.2, -0.15) is 13.2 Å². The number of benzene rings is 1. The number of anilines is 2. The SMILES string of the molecule is CN1CCN(c2ccc(N3CCC(O)C(O)C3)cc2)CC1.FOc1cncc(C(F)(F)F)n1. The molecule has 0 saturated carbocycles. The molecule has 2 unspecified atom stereocenters. The van der Waals surface area contributed by atoms with Gasteiger partial charge in [-0.15, -0.1) is 0 Å². The first-order chi connectivity index (χ1) is 15.7. The van der Waals surface area contributed by atoms with Crippen LogP contribution in [0.1, 0.15) is 12.1 Å². The normalized spacial score (nSPS) is 21.9. The van der Waals surface area contributed by atoms with Crippen LogP contribution < -0.4 is 14.7 Å². The molecular formula is C21H27F4N5O3. The molecule has 0 bridgehead atoms. The van der Waals surface area contributed by atoms with Crippen LogP contribution in [-0.2, 0) is 6.18 Å². The molecule has 2 N–H and O–H groups in total. The summed E-state index contributed by atoms with van der Waals surface area (Å²) < 4.78 is 46.8. The van der Waals surface area contributed by atoms with Crippen molar-refractivity contribution in [3.8, 4) is 5.88 Å². The topological polar surface area (TPSA) is 85.2 Å². The third-order valence-corrected chi connectivity index (χ3v) is 5.61. The number of aromatic nitrogens is 2. The summed E-state index contributed by atoms with van der Waals surface area (Å²) in [5.74, 6) is -0.815. The van der Waals surface area contributed by atoms with Crippen LogP contribution in [-0.4, -0.2) is 83.6 Å².